The van der Waals surface area contributed by atoms with E-state index in [9.17, 15) is 9.59 Å². The van der Waals surface area contributed by atoms with Crippen molar-refractivity contribution in [2.24, 2.45) is 4.99 Å². The Hall–Kier alpha value is -3.08. The van der Waals surface area contributed by atoms with Crippen LogP contribution in [0.4, 0.5) is 0 Å². The summed E-state index contributed by atoms with van der Waals surface area (Å²) in [7, 11) is 4.60. The van der Waals surface area contributed by atoms with E-state index in [0.717, 1.165) is 0 Å². The molecule has 0 saturated carbocycles. The average Bonchev–Trinajstić information content (AvgIpc) is 3.17. The molecule has 8 nitrogen and oxygen atoms in total. The first-order chi connectivity index (χ1) is 17.7. The molecule has 1 atom stereocenters. The summed E-state index contributed by atoms with van der Waals surface area (Å²) in [6, 6.07) is 7.81. The first-order valence-corrected chi connectivity index (χ1v) is 13.2. The second kappa shape index (κ2) is 11.1. The minimum atomic E-state index is -0.826. The summed E-state index contributed by atoms with van der Waals surface area (Å²) in [5.41, 5.74) is 1.65. The van der Waals surface area contributed by atoms with Gasteiger partial charge in [0.05, 0.1) is 49.8 Å². The highest BCUT2D eigenvalue weighted by atomic mass is 79.9. The number of halogens is 2. The Bertz CT molecular complexity index is 1590. The second-order valence-corrected chi connectivity index (χ2v) is 10.2. The Kier molecular flexibility index (Phi) is 8.11. The number of thiazole rings is 1. The predicted molar refractivity (Wildman–Crippen MR) is 146 cm³/mol. The zero-order valence-electron chi connectivity index (χ0n) is 20.8. The van der Waals surface area contributed by atoms with Gasteiger partial charge in [0.1, 0.15) is 5.75 Å². The van der Waals surface area contributed by atoms with Crippen molar-refractivity contribution in [1.29, 1.82) is 0 Å². The highest BCUT2D eigenvalue weighted by Gasteiger charge is 2.35. The smallest absolute Gasteiger partial charge is 0.338 e. The summed E-state index contributed by atoms with van der Waals surface area (Å²) in [5.74, 6) is 0.959. The summed E-state index contributed by atoms with van der Waals surface area (Å²) in [6.07, 6.45) is 1.71. The van der Waals surface area contributed by atoms with Gasteiger partial charge in [-0.2, -0.15) is 0 Å². The molecule has 37 heavy (non-hydrogen) atoms. The summed E-state index contributed by atoms with van der Waals surface area (Å²) in [4.78, 5) is 32.1. The number of aromatic nitrogens is 1. The third kappa shape index (κ3) is 5.05. The van der Waals surface area contributed by atoms with Gasteiger partial charge in [-0.3, -0.25) is 9.36 Å². The topological polar surface area (TPSA) is 88.4 Å². The van der Waals surface area contributed by atoms with E-state index in [2.05, 4.69) is 20.9 Å². The maximum absolute atomic E-state index is 13.9. The van der Waals surface area contributed by atoms with Gasteiger partial charge in [0.2, 0.25) is 0 Å². The molecule has 1 aliphatic heterocycles. The fraction of sp³-hybridized carbons (Fsp3) is 0.269. The van der Waals surface area contributed by atoms with Crippen LogP contribution in [0.25, 0.3) is 6.08 Å². The monoisotopic (exact) mass is 606 g/mol. The lowest BCUT2D eigenvalue weighted by Gasteiger charge is -2.26. The Morgan fingerprint density at radius 1 is 1.14 bits per heavy atom. The fourth-order valence-electron chi connectivity index (χ4n) is 4.12. The maximum Gasteiger partial charge on any atom is 0.338 e. The van der Waals surface area contributed by atoms with Crippen molar-refractivity contribution in [1.82, 2.24) is 4.57 Å². The zero-order valence-corrected chi connectivity index (χ0v) is 23.9. The third-order valence-electron chi connectivity index (χ3n) is 5.79. The second-order valence-electron chi connectivity index (χ2n) is 7.92. The van der Waals surface area contributed by atoms with Crippen LogP contribution in [0.5, 0.6) is 17.2 Å². The molecule has 0 amide bonds. The lowest BCUT2D eigenvalue weighted by atomic mass is 9.95. The van der Waals surface area contributed by atoms with Crippen molar-refractivity contribution in [2.75, 3.05) is 27.9 Å². The largest absolute Gasteiger partial charge is 0.496 e. The average molecular weight is 608 g/mol. The number of rotatable bonds is 7. The Labute approximate surface area is 230 Å². The third-order valence-corrected chi connectivity index (χ3v) is 7.70. The quantitative estimate of drug-likeness (QED) is 0.374. The van der Waals surface area contributed by atoms with Crippen molar-refractivity contribution in [3.8, 4) is 17.2 Å². The molecule has 0 fully saturated rings. The molecule has 0 bridgehead atoms. The summed E-state index contributed by atoms with van der Waals surface area (Å²) < 4.78 is 24.3. The van der Waals surface area contributed by atoms with E-state index in [4.69, 9.17) is 30.5 Å². The molecule has 0 aliphatic carbocycles. The zero-order chi connectivity index (χ0) is 26.9. The maximum atomic E-state index is 13.9. The molecule has 0 unspecified atom stereocenters. The number of ether oxygens (including phenoxy) is 4. The van der Waals surface area contributed by atoms with E-state index >= 15 is 0 Å². The van der Waals surface area contributed by atoms with E-state index in [1.54, 1.807) is 57.4 Å². The van der Waals surface area contributed by atoms with Gasteiger partial charge in [-0.05, 0) is 55.8 Å². The van der Waals surface area contributed by atoms with Crippen LogP contribution < -0.4 is 29.1 Å². The molecule has 2 heterocycles. The highest BCUT2D eigenvalue weighted by molar-refractivity contribution is 9.10. The number of allylic oxidation sites excluding steroid dienone is 1. The SMILES string of the molecule is CCOC(=O)C1=C(C)N=c2s/c(=C\c3cc(Cl)ccc3OC)c(=O)n2[C@H]1c1cc(OC)c(OC)cc1Br. The number of carbonyl (C=O) groups is 1. The van der Waals surface area contributed by atoms with Crippen LogP contribution in [0.3, 0.4) is 0 Å². The van der Waals surface area contributed by atoms with Gasteiger partial charge in [0, 0.05) is 15.1 Å². The van der Waals surface area contributed by atoms with Crippen molar-refractivity contribution in [3.05, 3.63) is 81.9 Å². The molecule has 0 saturated heterocycles. The summed E-state index contributed by atoms with van der Waals surface area (Å²) >= 11 is 11.0. The Morgan fingerprint density at radius 2 is 1.81 bits per heavy atom. The normalized spacial score (nSPS) is 15.2. The van der Waals surface area contributed by atoms with Crippen LogP contribution in [0.1, 0.15) is 31.0 Å². The number of nitrogens with zero attached hydrogens (tertiary/aromatic N) is 2. The lowest BCUT2D eigenvalue weighted by molar-refractivity contribution is -0.139. The number of esters is 1. The summed E-state index contributed by atoms with van der Waals surface area (Å²) in [6.45, 7) is 3.63. The molecule has 0 radical (unpaired) electrons. The molecule has 1 aromatic heterocycles. The van der Waals surface area contributed by atoms with Gasteiger partial charge < -0.3 is 18.9 Å². The number of carbonyl (C=O) groups excluding carboxylic acids is 1. The van der Waals surface area contributed by atoms with Crippen molar-refractivity contribution in [3.63, 3.8) is 0 Å². The van der Waals surface area contributed by atoms with Gasteiger partial charge in [0.15, 0.2) is 16.3 Å². The van der Waals surface area contributed by atoms with E-state index in [1.165, 1.54) is 30.1 Å². The van der Waals surface area contributed by atoms with Crippen LogP contribution in [0, 0.1) is 0 Å². The van der Waals surface area contributed by atoms with Crippen LogP contribution in [-0.4, -0.2) is 38.5 Å². The van der Waals surface area contributed by atoms with Crippen LogP contribution in [0.2, 0.25) is 5.02 Å². The molecule has 11 heteroatoms. The lowest BCUT2D eigenvalue weighted by Crippen LogP contribution is -2.40. The van der Waals surface area contributed by atoms with Crippen LogP contribution in [0.15, 0.2) is 55.9 Å². The molecule has 2 aromatic carbocycles. The van der Waals surface area contributed by atoms with E-state index < -0.39 is 12.0 Å². The Balaban J connectivity index is 2.03. The number of hydrogen-bond acceptors (Lipinski definition) is 8. The van der Waals surface area contributed by atoms with Crippen molar-refractivity contribution >= 4 is 50.9 Å². The van der Waals surface area contributed by atoms with E-state index in [0.29, 0.717) is 52.9 Å². The molecule has 194 valence electrons. The number of hydrogen-bond donors (Lipinski definition) is 0. The van der Waals surface area contributed by atoms with Crippen molar-refractivity contribution in [2.45, 2.75) is 19.9 Å². The molecule has 4 rings (SSSR count). The fourth-order valence-corrected chi connectivity index (χ4v) is 5.88. The molecular formula is C26H24BrClN2O6S. The predicted octanol–water partition coefficient (Wildman–Crippen LogP) is 4.24. The highest BCUT2D eigenvalue weighted by Crippen LogP contribution is 2.40. The first kappa shape index (κ1) is 27.0. The Morgan fingerprint density at radius 3 is 2.46 bits per heavy atom. The first-order valence-electron chi connectivity index (χ1n) is 11.2. The van der Waals surface area contributed by atoms with Gasteiger partial charge in [-0.15, -0.1) is 0 Å². The van der Waals surface area contributed by atoms with Gasteiger partial charge in [0.25, 0.3) is 5.56 Å². The number of methoxy groups -OCH3 is 3. The van der Waals surface area contributed by atoms with Crippen LogP contribution >= 0.6 is 38.9 Å². The standard InChI is InChI=1S/C26H24BrClN2O6S/c1-6-36-25(32)22-13(2)29-26-30(23(22)16-11-19(34-4)20(35-5)12-17(16)27)24(31)21(37-26)10-14-9-15(28)7-8-18(14)33-3/h7-12,23H,6H2,1-5H3/b21-10-/t23-/m0/s1. The molecule has 0 spiro atoms. The van der Waals surface area contributed by atoms with Crippen molar-refractivity contribution < 1.29 is 23.7 Å². The molecular weight excluding hydrogens is 584 g/mol. The van der Waals surface area contributed by atoms with Gasteiger partial charge in [-0.25, -0.2) is 9.79 Å². The van der Waals surface area contributed by atoms with Gasteiger partial charge >= 0.3 is 5.97 Å². The minimum absolute atomic E-state index is 0.175. The molecule has 1 aliphatic rings. The minimum Gasteiger partial charge on any atom is -0.496 e. The number of benzene rings is 2. The molecule has 3 aromatic rings. The number of fused-ring (bicyclic) bond motifs is 1. The van der Waals surface area contributed by atoms with E-state index in [-0.39, 0.29) is 17.7 Å². The van der Waals surface area contributed by atoms with Gasteiger partial charge in [-0.1, -0.05) is 38.9 Å². The molecule has 0 N–H and O–H groups in total. The summed E-state index contributed by atoms with van der Waals surface area (Å²) in [5, 5.41) is 0.507. The van der Waals surface area contributed by atoms with E-state index in [1.807, 2.05) is 0 Å². The van der Waals surface area contributed by atoms with Crippen LogP contribution in [-0.2, 0) is 9.53 Å².